The minimum absolute atomic E-state index is 0.282. The number of halogens is 1. The lowest BCUT2D eigenvalue weighted by atomic mass is 9.75. The highest BCUT2D eigenvalue weighted by Crippen LogP contribution is 2.36. The van der Waals surface area contributed by atoms with Gasteiger partial charge < -0.3 is 3.07 Å². The molecule has 1 aliphatic carbocycles. The zero-order valence-corrected chi connectivity index (χ0v) is 10.7. The predicted molar refractivity (Wildman–Crippen MR) is 64.8 cm³/mol. The number of nitrogens with zero attached hydrogens (tertiary/aromatic N) is 1. The third-order valence-corrected chi connectivity index (χ3v) is 3.42. The molecule has 1 heterocycles. The van der Waals surface area contributed by atoms with Gasteiger partial charge in [-0.2, -0.15) is 0 Å². The van der Waals surface area contributed by atoms with Crippen LogP contribution in [0.5, 0.6) is 5.88 Å². The topological polar surface area (TPSA) is 22.1 Å². The molecule has 0 fully saturated rings. The van der Waals surface area contributed by atoms with Crippen molar-refractivity contribution in [2.45, 2.75) is 38.5 Å². The lowest BCUT2D eigenvalue weighted by molar-refractivity contribution is 0.424. The number of aromatic nitrogens is 1. The summed E-state index contributed by atoms with van der Waals surface area (Å²) in [4.78, 5) is 4.50. The van der Waals surface area contributed by atoms with Crippen LogP contribution in [0.15, 0.2) is 12.1 Å². The quantitative estimate of drug-likeness (QED) is 0.742. The smallest absolute Gasteiger partial charge is 0.224 e. The Morgan fingerprint density at radius 3 is 2.93 bits per heavy atom. The number of hydrogen-bond acceptors (Lipinski definition) is 2. The van der Waals surface area contributed by atoms with Crippen molar-refractivity contribution in [2.75, 3.05) is 0 Å². The van der Waals surface area contributed by atoms with Crippen LogP contribution < -0.4 is 3.07 Å². The summed E-state index contributed by atoms with van der Waals surface area (Å²) in [5, 5.41) is 0. The second-order valence-corrected chi connectivity index (χ2v) is 4.90. The van der Waals surface area contributed by atoms with Crippen molar-refractivity contribution in [3.8, 4) is 5.88 Å². The fraction of sp³-hybridized carbons (Fsp3) is 0.545. The SMILES string of the molecule is CC1(C)CCCc2nc(OI)ccc21. The lowest BCUT2D eigenvalue weighted by Crippen LogP contribution is -2.24. The summed E-state index contributed by atoms with van der Waals surface area (Å²) < 4.78 is 5.11. The van der Waals surface area contributed by atoms with E-state index in [1.807, 2.05) is 29.1 Å². The van der Waals surface area contributed by atoms with E-state index in [-0.39, 0.29) is 5.41 Å². The molecule has 1 aromatic heterocycles. The van der Waals surface area contributed by atoms with Gasteiger partial charge in [-0.15, -0.1) is 0 Å². The number of rotatable bonds is 1. The van der Waals surface area contributed by atoms with Crippen molar-refractivity contribution in [1.82, 2.24) is 4.98 Å². The Kier molecular flexibility index (Phi) is 2.68. The first-order valence-corrected chi connectivity index (χ1v) is 5.80. The fourth-order valence-corrected chi connectivity index (χ4v) is 2.41. The molecule has 0 N–H and O–H groups in total. The molecule has 0 spiro atoms. The van der Waals surface area contributed by atoms with Crippen LogP contribution in [-0.2, 0) is 11.8 Å². The van der Waals surface area contributed by atoms with Crippen LogP contribution >= 0.6 is 23.0 Å². The van der Waals surface area contributed by atoms with Crippen LogP contribution in [0.3, 0.4) is 0 Å². The molecule has 0 aromatic carbocycles. The predicted octanol–water partition coefficient (Wildman–Crippen LogP) is 3.42. The van der Waals surface area contributed by atoms with Gasteiger partial charge in [0.1, 0.15) is 0 Å². The largest absolute Gasteiger partial charge is 0.408 e. The van der Waals surface area contributed by atoms with Crippen molar-refractivity contribution < 1.29 is 3.07 Å². The molecule has 0 aliphatic heterocycles. The average Bonchev–Trinajstić information content (AvgIpc) is 2.16. The molecule has 2 nitrogen and oxygen atoms in total. The minimum atomic E-state index is 0.282. The minimum Gasteiger partial charge on any atom is -0.408 e. The van der Waals surface area contributed by atoms with E-state index in [9.17, 15) is 0 Å². The number of aryl methyl sites for hydroxylation is 1. The van der Waals surface area contributed by atoms with E-state index in [4.69, 9.17) is 3.07 Å². The Morgan fingerprint density at radius 2 is 2.21 bits per heavy atom. The van der Waals surface area contributed by atoms with Gasteiger partial charge in [0.25, 0.3) is 0 Å². The Hall–Kier alpha value is -0.320. The van der Waals surface area contributed by atoms with Gasteiger partial charge in [0.2, 0.25) is 5.88 Å². The molecule has 0 amide bonds. The number of hydrogen-bond donors (Lipinski definition) is 0. The molecule has 3 heteroatoms. The molecule has 0 radical (unpaired) electrons. The van der Waals surface area contributed by atoms with Crippen molar-refractivity contribution >= 4 is 23.0 Å². The highest BCUT2D eigenvalue weighted by molar-refractivity contribution is 14.1. The molecule has 0 atom stereocenters. The van der Waals surface area contributed by atoms with Crippen molar-refractivity contribution in [3.63, 3.8) is 0 Å². The van der Waals surface area contributed by atoms with E-state index < -0.39 is 0 Å². The summed E-state index contributed by atoms with van der Waals surface area (Å²) in [6.07, 6.45) is 3.58. The molecule has 0 bridgehead atoms. The van der Waals surface area contributed by atoms with Crippen LogP contribution in [0.2, 0.25) is 0 Å². The van der Waals surface area contributed by atoms with Crippen LogP contribution in [0, 0.1) is 0 Å². The molecule has 14 heavy (non-hydrogen) atoms. The van der Waals surface area contributed by atoms with E-state index in [1.54, 1.807) is 0 Å². The van der Waals surface area contributed by atoms with Gasteiger partial charge in [-0.05, 0) is 30.2 Å². The zero-order chi connectivity index (χ0) is 10.2. The second kappa shape index (κ2) is 3.68. The molecule has 2 rings (SSSR count). The summed E-state index contributed by atoms with van der Waals surface area (Å²) in [5.41, 5.74) is 2.89. The van der Waals surface area contributed by atoms with Crippen molar-refractivity contribution in [2.24, 2.45) is 0 Å². The van der Waals surface area contributed by atoms with Gasteiger partial charge >= 0.3 is 0 Å². The molecule has 0 saturated heterocycles. The van der Waals surface area contributed by atoms with E-state index in [1.165, 1.54) is 24.1 Å². The van der Waals surface area contributed by atoms with E-state index in [0.717, 1.165) is 12.3 Å². The zero-order valence-electron chi connectivity index (χ0n) is 8.51. The van der Waals surface area contributed by atoms with Crippen LogP contribution in [0.1, 0.15) is 37.9 Å². The summed E-state index contributed by atoms with van der Waals surface area (Å²) in [6.45, 7) is 4.58. The molecule has 76 valence electrons. The molecular weight excluding hydrogens is 289 g/mol. The van der Waals surface area contributed by atoms with Crippen LogP contribution in [-0.4, -0.2) is 4.98 Å². The maximum atomic E-state index is 5.11. The van der Waals surface area contributed by atoms with E-state index >= 15 is 0 Å². The first-order chi connectivity index (χ1) is 6.63. The Morgan fingerprint density at radius 1 is 1.43 bits per heavy atom. The van der Waals surface area contributed by atoms with E-state index in [0.29, 0.717) is 0 Å². The Bertz CT molecular complexity index is 349. The van der Waals surface area contributed by atoms with Gasteiger partial charge in [-0.25, -0.2) is 4.98 Å². The maximum absolute atomic E-state index is 5.11. The number of fused-ring (bicyclic) bond motifs is 1. The Balaban J connectivity index is 2.46. The molecule has 0 unspecified atom stereocenters. The average molecular weight is 303 g/mol. The first-order valence-electron chi connectivity index (χ1n) is 4.92. The third kappa shape index (κ3) is 1.74. The van der Waals surface area contributed by atoms with Gasteiger partial charge in [-0.1, -0.05) is 19.9 Å². The Labute approximate surface area is 98.8 Å². The molecular formula is C11H14INO. The van der Waals surface area contributed by atoms with Crippen molar-refractivity contribution in [3.05, 3.63) is 23.4 Å². The number of pyridine rings is 1. The third-order valence-electron chi connectivity index (χ3n) is 2.97. The highest BCUT2D eigenvalue weighted by Gasteiger charge is 2.28. The van der Waals surface area contributed by atoms with Crippen LogP contribution in [0.25, 0.3) is 0 Å². The highest BCUT2D eigenvalue weighted by atomic mass is 127. The van der Waals surface area contributed by atoms with Gasteiger partial charge in [0.15, 0.2) is 23.0 Å². The monoisotopic (exact) mass is 303 g/mol. The summed E-state index contributed by atoms with van der Waals surface area (Å²) >= 11 is 1.87. The standard InChI is InChI=1S/C11H14INO/c1-11(2)7-3-4-9-8(11)5-6-10(13-9)14-12/h5-6H,3-4,7H2,1-2H3. The van der Waals surface area contributed by atoms with Gasteiger partial charge in [-0.3, -0.25) is 0 Å². The van der Waals surface area contributed by atoms with Gasteiger partial charge in [0.05, 0.1) is 0 Å². The summed E-state index contributed by atoms with van der Waals surface area (Å²) in [7, 11) is 0. The van der Waals surface area contributed by atoms with Crippen LogP contribution in [0.4, 0.5) is 0 Å². The molecule has 0 saturated carbocycles. The summed E-state index contributed by atoms with van der Waals surface area (Å²) in [5.74, 6) is 0.724. The second-order valence-electron chi connectivity index (χ2n) is 4.46. The fourth-order valence-electron chi connectivity index (χ4n) is 2.16. The van der Waals surface area contributed by atoms with Gasteiger partial charge in [0, 0.05) is 11.8 Å². The van der Waals surface area contributed by atoms with Crippen molar-refractivity contribution in [1.29, 1.82) is 0 Å². The first kappa shape index (κ1) is 10.2. The molecule has 1 aromatic rings. The maximum Gasteiger partial charge on any atom is 0.224 e. The van der Waals surface area contributed by atoms with E-state index in [2.05, 4.69) is 24.9 Å². The summed E-state index contributed by atoms with van der Waals surface area (Å²) in [6, 6.07) is 4.12. The molecule has 1 aliphatic rings. The lowest BCUT2D eigenvalue weighted by Gasteiger charge is -2.31. The normalized spacial score (nSPS) is 18.8.